The van der Waals surface area contributed by atoms with E-state index in [0.717, 1.165) is 25.9 Å². The SMILES string of the molecule is COc1ccc(-n2ncc(Oc3cccc(OC)c3)c(Nc3cccc(C(=O)N4CCCC4)c3)c2=O)cc1. The third-order valence-corrected chi connectivity index (χ3v) is 6.30. The van der Waals surface area contributed by atoms with Gasteiger partial charge in [-0.25, -0.2) is 0 Å². The minimum Gasteiger partial charge on any atom is -0.497 e. The third kappa shape index (κ3) is 5.31. The molecule has 0 aliphatic carbocycles. The molecule has 0 saturated carbocycles. The lowest BCUT2D eigenvalue weighted by Crippen LogP contribution is -2.27. The minimum absolute atomic E-state index is 0.0237. The number of benzene rings is 3. The van der Waals surface area contributed by atoms with Gasteiger partial charge < -0.3 is 24.4 Å². The Morgan fingerprint density at radius 1 is 0.868 bits per heavy atom. The van der Waals surface area contributed by atoms with E-state index < -0.39 is 5.56 Å². The molecule has 0 bridgehead atoms. The number of nitrogens with zero attached hydrogens (tertiary/aromatic N) is 3. The Kier molecular flexibility index (Phi) is 7.26. The highest BCUT2D eigenvalue weighted by atomic mass is 16.5. The molecule has 4 aromatic rings. The summed E-state index contributed by atoms with van der Waals surface area (Å²) in [5.74, 6) is 1.96. The average Bonchev–Trinajstić information content (AvgIpc) is 3.50. The fourth-order valence-corrected chi connectivity index (χ4v) is 4.31. The summed E-state index contributed by atoms with van der Waals surface area (Å²) in [6.45, 7) is 1.51. The Morgan fingerprint density at radius 2 is 1.58 bits per heavy atom. The van der Waals surface area contributed by atoms with Crippen LogP contribution < -0.4 is 25.1 Å². The van der Waals surface area contributed by atoms with Crippen LogP contribution in [-0.4, -0.2) is 47.9 Å². The maximum absolute atomic E-state index is 13.7. The normalized spacial score (nSPS) is 12.7. The van der Waals surface area contributed by atoms with Crippen LogP contribution in [0.15, 0.2) is 83.8 Å². The average molecular weight is 513 g/mol. The van der Waals surface area contributed by atoms with E-state index in [9.17, 15) is 9.59 Å². The monoisotopic (exact) mass is 512 g/mol. The lowest BCUT2D eigenvalue weighted by atomic mass is 10.1. The second kappa shape index (κ2) is 11.1. The molecule has 0 unspecified atom stereocenters. The van der Waals surface area contributed by atoms with Crippen LogP contribution in [0, 0.1) is 0 Å². The molecular formula is C29H28N4O5. The van der Waals surface area contributed by atoms with Gasteiger partial charge in [-0.1, -0.05) is 12.1 Å². The van der Waals surface area contributed by atoms with Gasteiger partial charge in [-0.05, 0) is 67.4 Å². The van der Waals surface area contributed by atoms with Crippen LogP contribution in [0.1, 0.15) is 23.2 Å². The van der Waals surface area contributed by atoms with Gasteiger partial charge in [-0.15, -0.1) is 0 Å². The molecule has 1 amide bonds. The van der Waals surface area contributed by atoms with Gasteiger partial charge in [-0.2, -0.15) is 9.78 Å². The van der Waals surface area contributed by atoms with Crippen LogP contribution in [0.3, 0.4) is 0 Å². The zero-order chi connectivity index (χ0) is 26.5. The van der Waals surface area contributed by atoms with Gasteiger partial charge in [0.25, 0.3) is 11.5 Å². The number of carbonyl (C=O) groups excluding carboxylic acids is 1. The summed E-state index contributed by atoms with van der Waals surface area (Å²) in [7, 11) is 3.15. The van der Waals surface area contributed by atoms with Crippen molar-refractivity contribution in [3.8, 4) is 28.7 Å². The summed E-state index contributed by atoms with van der Waals surface area (Å²) in [6.07, 6.45) is 3.50. The fraction of sp³-hybridized carbons (Fsp3) is 0.207. The van der Waals surface area contributed by atoms with Gasteiger partial charge in [-0.3, -0.25) is 9.59 Å². The summed E-state index contributed by atoms with van der Waals surface area (Å²) in [4.78, 5) is 28.5. The van der Waals surface area contributed by atoms with E-state index >= 15 is 0 Å². The van der Waals surface area contributed by atoms with E-state index in [4.69, 9.17) is 14.2 Å². The molecule has 1 aliphatic heterocycles. The van der Waals surface area contributed by atoms with Gasteiger partial charge in [0.05, 0.1) is 26.1 Å². The number of hydrogen-bond acceptors (Lipinski definition) is 7. The number of ether oxygens (including phenoxy) is 3. The van der Waals surface area contributed by atoms with Gasteiger partial charge >= 0.3 is 0 Å². The highest BCUT2D eigenvalue weighted by molar-refractivity contribution is 5.95. The minimum atomic E-state index is -0.424. The molecule has 194 valence electrons. The number of methoxy groups -OCH3 is 2. The molecule has 0 atom stereocenters. The Morgan fingerprint density at radius 3 is 2.32 bits per heavy atom. The van der Waals surface area contributed by atoms with Crippen LogP contribution in [-0.2, 0) is 0 Å². The van der Waals surface area contributed by atoms with Crippen molar-refractivity contribution >= 4 is 17.3 Å². The second-order valence-electron chi connectivity index (χ2n) is 8.78. The molecule has 3 aromatic carbocycles. The van der Waals surface area contributed by atoms with E-state index in [1.54, 1.807) is 87.0 Å². The summed E-state index contributed by atoms with van der Waals surface area (Å²) < 4.78 is 17.9. The molecule has 1 aromatic heterocycles. The molecule has 38 heavy (non-hydrogen) atoms. The lowest BCUT2D eigenvalue weighted by molar-refractivity contribution is 0.0793. The lowest BCUT2D eigenvalue weighted by Gasteiger charge is -2.17. The Hall–Kier alpha value is -4.79. The molecule has 9 heteroatoms. The van der Waals surface area contributed by atoms with Crippen LogP contribution in [0.25, 0.3) is 5.69 Å². The van der Waals surface area contributed by atoms with Gasteiger partial charge in [0.2, 0.25) is 0 Å². The summed E-state index contributed by atoms with van der Waals surface area (Å²) in [5.41, 5.74) is 1.44. The van der Waals surface area contributed by atoms with Crippen molar-refractivity contribution in [2.24, 2.45) is 0 Å². The van der Waals surface area contributed by atoms with Crippen molar-refractivity contribution in [1.82, 2.24) is 14.7 Å². The smallest absolute Gasteiger partial charge is 0.299 e. The first kappa shape index (κ1) is 24.9. The Balaban J connectivity index is 1.53. The molecule has 1 saturated heterocycles. The fourth-order valence-electron chi connectivity index (χ4n) is 4.31. The number of rotatable bonds is 8. The van der Waals surface area contributed by atoms with Crippen molar-refractivity contribution in [3.63, 3.8) is 0 Å². The van der Waals surface area contributed by atoms with Crippen molar-refractivity contribution in [2.75, 3.05) is 32.6 Å². The predicted molar refractivity (Wildman–Crippen MR) is 144 cm³/mol. The molecule has 1 aliphatic rings. The van der Waals surface area contributed by atoms with Gasteiger partial charge in [0.1, 0.15) is 17.2 Å². The molecule has 0 spiro atoms. The standard InChI is InChI=1S/C29H28N4O5/c1-36-23-13-11-22(12-14-23)33-29(35)27(26(19-30-33)38-25-10-6-9-24(18-25)37-2)31-21-8-5-7-20(17-21)28(34)32-15-3-4-16-32/h5-14,17-19,31H,3-4,15-16H2,1-2H3. The van der Waals surface area contributed by atoms with Crippen molar-refractivity contribution in [2.45, 2.75) is 12.8 Å². The van der Waals surface area contributed by atoms with E-state index in [-0.39, 0.29) is 17.3 Å². The Labute approximate surface area is 220 Å². The van der Waals surface area contributed by atoms with Crippen LogP contribution in [0.4, 0.5) is 11.4 Å². The van der Waals surface area contributed by atoms with Crippen LogP contribution in [0.2, 0.25) is 0 Å². The molecular weight excluding hydrogens is 484 g/mol. The number of nitrogens with one attached hydrogen (secondary N) is 1. The molecule has 1 N–H and O–H groups in total. The topological polar surface area (TPSA) is 94.9 Å². The molecule has 2 heterocycles. The number of anilines is 2. The first-order chi connectivity index (χ1) is 18.6. The summed E-state index contributed by atoms with van der Waals surface area (Å²) in [5, 5.41) is 7.53. The largest absolute Gasteiger partial charge is 0.497 e. The van der Waals surface area contributed by atoms with E-state index in [1.807, 2.05) is 4.90 Å². The van der Waals surface area contributed by atoms with E-state index in [0.29, 0.717) is 34.2 Å². The summed E-state index contributed by atoms with van der Waals surface area (Å²) in [6, 6.07) is 21.2. The third-order valence-electron chi connectivity index (χ3n) is 6.30. The summed E-state index contributed by atoms with van der Waals surface area (Å²) >= 11 is 0. The van der Waals surface area contributed by atoms with Crippen molar-refractivity contribution in [1.29, 1.82) is 0 Å². The zero-order valence-corrected chi connectivity index (χ0v) is 21.2. The highest BCUT2D eigenvalue weighted by Crippen LogP contribution is 2.31. The highest BCUT2D eigenvalue weighted by Gasteiger charge is 2.21. The van der Waals surface area contributed by atoms with E-state index in [2.05, 4.69) is 10.4 Å². The maximum atomic E-state index is 13.7. The first-order valence-electron chi connectivity index (χ1n) is 12.3. The zero-order valence-electron chi connectivity index (χ0n) is 21.2. The molecule has 5 rings (SSSR count). The second-order valence-corrected chi connectivity index (χ2v) is 8.78. The maximum Gasteiger partial charge on any atom is 0.299 e. The van der Waals surface area contributed by atoms with Crippen LogP contribution >= 0.6 is 0 Å². The van der Waals surface area contributed by atoms with Crippen molar-refractivity contribution in [3.05, 3.63) is 94.9 Å². The number of aromatic nitrogens is 2. The number of likely N-dealkylation sites (tertiary alicyclic amines) is 1. The quantitative estimate of drug-likeness (QED) is 0.354. The number of carbonyl (C=O) groups is 1. The van der Waals surface area contributed by atoms with Crippen molar-refractivity contribution < 1.29 is 19.0 Å². The number of amides is 1. The van der Waals surface area contributed by atoms with E-state index in [1.165, 1.54) is 10.9 Å². The van der Waals surface area contributed by atoms with Gasteiger partial charge in [0.15, 0.2) is 11.4 Å². The van der Waals surface area contributed by atoms with Gasteiger partial charge in [0, 0.05) is 30.4 Å². The number of hydrogen-bond donors (Lipinski definition) is 1. The molecule has 1 fully saturated rings. The van der Waals surface area contributed by atoms with Crippen LogP contribution in [0.5, 0.6) is 23.0 Å². The predicted octanol–water partition coefficient (Wildman–Crippen LogP) is 5.02. The Bertz CT molecular complexity index is 1490. The first-order valence-corrected chi connectivity index (χ1v) is 12.3. The molecule has 0 radical (unpaired) electrons. The molecule has 9 nitrogen and oxygen atoms in total.